The van der Waals surface area contributed by atoms with Crippen LogP contribution in [0.5, 0.6) is 0 Å². The number of rotatable bonds is 4. The minimum atomic E-state index is -0.353. The van der Waals surface area contributed by atoms with Gasteiger partial charge >= 0.3 is 0 Å². The summed E-state index contributed by atoms with van der Waals surface area (Å²) in [6.45, 7) is 7.18. The number of nitrogens with zero attached hydrogens (tertiary/aromatic N) is 1. The van der Waals surface area contributed by atoms with Gasteiger partial charge in [0.1, 0.15) is 0 Å². The molecule has 0 bridgehead atoms. The monoisotopic (exact) mass is 280 g/mol. The standard InChI is InChI=1S/C15H24N2OS/c1-4-13-11-6-8-19-14(11)5-7-17(13)15(18)12(16)9-10(2)3/h6,8,10,12-13H,4-5,7,9,16H2,1-3H3/t12-,13?/m0/s1. The second-order valence-corrected chi connectivity index (χ2v) is 6.74. The maximum absolute atomic E-state index is 12.5. The van der Waals surface area contributed by atoms with Crippen molar-refractivity contribution in [3.63, 3.8) is 0 Å². The zero-order valence-electron chi connectivity index (χ0n) is 12.1. The number of hydrogen-bond donors (Lipinski definition) is 1. The molecule has 0 radical (unpaired) electrons. The van der Waals surface area contributed by atoms with Gasteiger partial charge in [-0.2, -0.15) is 0 Å². The number of fused-ring (bicyclic) bond motifs is 1. The van der Waals surface area contributed by atoms with Crippen LogP contribution in [0.25, 0.3) is 0 Å². The van der Waals surface area contributed by atoms with E-state index in [-0.39, 0.29) is 18.0 Å². The number of thiophene rings is 1. The van der Waals surface area contributed by atoms with E-state index in [1.165, 1.54) is 10.4 Å². The third-order valence-corrected chi connectivity index (χ3v) is 4.80. The van der Waals surface area contributed by atoms with E-state index in [0.717, 1.165) is 25.8 Å². The molecule has 1 aromatic heterocycles. The molecule has 1 unspecified atom stereocenters. The summed E-state index contributed by atoms with van der Waals surface area (Å²) < 4.78 is 0. The second kappa shape index (κ2) is 6.06. The minimum Gasteiger partial charge on any atom is -0.334 e. The molecule has 4 heteroatoms. The fraction of sp³-hybridized carbons (Fsp3) is 0.667. The van der Waals surface area contributed by atoms with Crippen molar-refractivity contribution in [2.45, 2.75) is 52.1 Å². The van der Waals surface area contributed by atoms with E-state index in [1.807, 2.05) is 16.2 Å². The summed E-state index contributed by atoms with van der Waals surface area (Å²) in [5, 5.41) is 2.13. The maximum Gasteiger partial charge on any atom is 0.240 e. The molecule has 19 heavy (non-hydrogen) atoms. The molecule has 1 aliphatic rings. The molecule has 1 aliphatic heterocycles. The van der Waals surface area contributed by atoms with Crippen LogP contribution in [-0.2, 0) is 11.2 Å². The van der Waals surface area contributed by atoms with Crippen LogP contribution >= 0.6 is 11.3 Å². The molecule has 0 aliphatic carbocycles. The largest absolute Gasteiger partial charge is 0.334 e. The van der Waals surface area contributed by atoms with Crippen molar-refractivity contribution in [1.82, 2.24) is 4.90 Å². The number of hydrogen-bond acceptors (Lipinski definition) is 3. The van der Waals surface area contributed by atoms with Crippen molar-refractivity contribution in [3.8, 4) is 0 Å². The SMILES string of the molecule is CCC1c2ccsc2CCN1C(=O)[C@@H](N)CC(C)C. The lowest BCUT2D eigenvalue weighted by Crippen LogP contribution is -2.48. The number of nitrogens with two attached hydrogens (primary N) is 1. The highest BCUT2D eigenvalue weighted by Gasteiger charge is 2.32. The Bertz CT molecular complexity index is 441. The molecular weight excluding hydrogens is 256 g/mol. The van der Waals surface area contributed by atoms with Gasteiger partial charge in [0.05, 0.1) is 12.1 Å². The van der Waals surface area contributed by atoms with Crippen molar-refractivity contribution in [1.29, 1.82) is 0 Å². The van der Waals surface area contributed by atoms with Crippen LogP contribution in [0.4, 0.5) is 0 Å². The lowest BCUT2D eigenvalue weighted by atomic mass is 9.95. The Morgan fingerprint density at radius 3 is 2.95 bits per heavy atom. The topological polar surface area (TPSA) is 46.3 Å². The molecule has 2 heterocycles. The van der Waals surface area contributed by atoms with Gasteiger partial charge in [0.2, 0.25) is 5.91 Å². The quantitative estimate of drug-likeness (QED) is 0.921. The summed E-state index contributed by atoms with van der Waals surface area (Å²) in [6, 6.07) is 2.04. The van der Waals surface area contributed by atoms with Gasteiger partial charge in [0.25, 0.3) is 0 Å². The van der Waals surface area contributed by atoms with E-state index in [2.05, 4.69) is 32.2 Å². The summed E-state index contributed by atoms with van der Waals surface area (Å²) in [4.78, 5) is 16.0. The summed E-state index contributed by atoms with van der Waals surface area (Å²) in [5.41, 5.74) is 7.41. The van der Waals surface area contributed by atoms with Crippen molar-refractivity contribution in [3.05, 3.63) is 21.9 Å². The van der Waals surface area contributed by atoms with Gasteiger partial charge in [-0.05, 0) is 42.2 Å². The van der Waals surface area contributed by atoms with Crippen molar-refractivity contribution >= 4 is 17.2 Å². The molecule has 0 saturated heterocycles. The summed E-state index contributed by atoms with van der Waals surface area (Å²) in [7, 11) is 0. The predicted octanol–water partition coefficient (Wildman–Crippen LogP) is 2.96. The Balaban J connectivity index is 2.14. The smallest absolute Gasteiger partial charge is 0.240 e. The average molecular weight is 280 g/mol. The first-order chi connectivity index (χ1) is 9.04. The summed E-state index contributed by atoms with van der Waals surface area (Å²) in [6.07, 6.45) is 2.70. The van der Waals surface area contributed by atoms with Crippen LogP contribution in [-0.4, -0.2) is 23.4 Å². The lowest BCUT2D eigenvalue weighted by Gasteiger charge is -2.37. The van der Waals surface area contributed by atoms with Gasteiger partial charge < -0.3 is 10.6 Å². The van der Waals surface area contributed by atoms with Crippen LogP contribution in [0.15, 0.2) is 11.4 Å². The van der Waals surface area contributed by atoms with Gasteiger partial charge in [-0.3, -0.25) is 4.79 Å². The van der Waals surface area contributed by atoms with Crippen molar-refractivity contribution < 1.29 is 4.79 Å². The Kier molecular flexibility index (Phi) is 4.63. The van der Waals surface area contributed by atoms with Gasteiger partial charge in [-0.1, -0.05) is 20.8 Å². The van der Waals surface area contributed by atoms with E-state index >= 15 is 0 Å². The zero-order valence-corrected chi connectivity index (χ0v) is 12.9. The Labute approximate surface area is 119 Å². The average Bonchev–Trinajstić information content (AvgIpc) is 2.83. The molecule has 2 atom stereocenters. The van der Waals surface area contributed by atoms with E-state index in [9.17, 15) is 4.79 Å². The van der Waals surface area contributed by atoms with Crippen molar-refractivity contribution in [2.24, 2.45) is 11.7 Å². The first-order valence-corrected chi connectivity index (χ1v) is 8.04. The van der Waals surface area contributed by atoms with Gasteiger partial charge in [0.15, 0.2) is 0 Å². The van der Waals surface area contributed by atoms with Crippen LogP contribution in [0.3, 0.4) is 0 Å². The molecule has 106 valence electrons. The highest BCUT2D eigenvalue weighted by atomic mass is 32.1. The lowest BCUT2D eigenvalue weighted by molar-refractivity contribution is -0.136. The summed E-state index contributed by atoms with van der Waals surface area (Å²) >= 11 is 1.81. The molecule has 3 nitrogen and oxygen atoms in total. The molecule has 1 aromatic rings. The Morgan fingerprint density at radius 2 is 2.32 bits per heavy atom. The zero-order chi connectivity index (χ0) is 14.0. The summed E-state index contributed by atoms with van der Waals surface area (Å²) in [5.74, 6) is 0.581. The maximum atomic E-state index is 12.5. The number of carbonyl (C=O) groups excluding carboxylic acids is 1. The van der Waals surface area contributed by atoms with Crippen LogP contribution in [0, 0.1) is 5.92 Å². The fourth-order valence-corrected chi connectivity index (χ4v) is 3.85. The molecule has 0 fully saturated rings. The molecule has 0 spiro atoms. The molecule has 0 saturated carbocycles. The van der Waals surface area contributed by atoms with Gasteiger partial charge in [0, 0.05) is 11.4 Å². The fourth-order valence-electron chi connectivity index (χ4n) is 2.92. The third kappa shape index (κ3) is 3.00. The number of amides is 1. The second-order valence-electron chi connectivity index (χ2n) is 5.74. The van der Waals surface area contributed by atoms with Gasteiger partial charge in [-0.25, -0.2) is 0 Å². The Hall–Kier alpha value is -0.870. The van der Waals surface area contributed by atoms with E-state index in [1.54, 1.807) is 0 Å². The molecule has 1 amide bonds. The molecular formula is C15H24N2OS. The van der Waals surface area contributed by atoms with E-state index in [0.29, 0.717) is 5.92 Å². The van der Waals surface area contributed by atoms with Crippen LogP contribution in [0.1, 0.15) is 50.1 Å². The highest BCUT2D eigenvalue weighted by molar-refractivity contribution is 7.10. The molecule has 2 N–H and O–H groups in total. The first-order valence-electron chi connectivity index (χ1n) is 7.16. The molecule has 2 rings (SSSR count). The van der Waals surface area contributed by atoms with Gasteiger partial charge in [-0.15, -0.1) is 11.3 Å². The molecule has 0 aromatic carbocycles. The third-order valence-electron chi connectivity index (χ3n) is 3.81. The normalized spacial score (nSPS) is 20.5. The predicted molar refractivity (Wildman–Crippen MR) is 80.2 cm³/mol. The number of carbonyl (C=O) groups is 1. The van der Waals surface area contributed by atoms with E-state index in [4.69, 9.17) is 5.73 Å². The van der Waals surface area contributed by atoms with Crippen LogP contribution in [0.2, 0.25) is 0 Å². The minimum absolute atomic E-state index is 0.123. The first kappa shape index (κ1) is 14.5. The Morgan fingerprint density at radius 1 is 1.58 bits per heavy atom. The van der Waals surface area contributed by atoms with Crippen LogP contribution < -0.4 is 5.73 Å². The van der Waals surface area contributed by atoms with Crippen molar-refractivity contribution in [2.75, 3.05) is 6.54 Å². The van der Waals surface area contributed by atoms with E-state index < -0.39 is 0 Å². The highest BCUT2D eigenvalue weighted by Crippen LogP contribution is 2.35.